The van der Waals surface area contributed by atoms with E-state index in [4.69, 9.17) is 10.8 Å². The van der Waals surface area contributed by atoms with Gasteiger partial charge in [0.15, 0.2) is 0 Å². The number of carbonyl (C=O) groups is 3. The van der Waals surface area contributed by atoms with Crippen LogP contribution in [0.3, 0.4) is 0 Å². The van der Waals surface area contributed by atoms with E-state index in [9.17, 15) is 14.4 Å². The van der Waals surface area contributed by atoms with Gasteiger partial charge in [-0.1, -0.05) is 17.7 Å². The van der Waals surface area contributed by atoms with Crippen molar-refractivity contribution in [1.29, 1.82) is 0 Å². The maximum atomic E-state index is 12.6. The number of anilines is 1. The summed E-state index contributed by atoms with van der Waals surface area (Å²) in [6.45, 7) is 5.71. The number of carbonyl (C=O) groups excluding carboxylic acids is 2. The molecule has 0 spiro atoms. The summed E-state index contributed by atoms with van der Waals surface area (Å²) < 4.78 is 0. The molecule has 1 aliphatic heterocycles. The molecular formula is C16H20N2O4S. The largest absolute Gasteiger partial charge is 0.480 e. The van der Waals surface area contributed by atoms with Gasteiger partial charge in [-0.3, -0.25) is 14.4 Å². The van der Waals surface area contributed by atoms with Crippen LogP contribution in [0.4, 0.5) is 5.69 Å². The highest BCUT2D eigenvalue weighted by atomic mass is 32.2. The first kappa shape index (κ1) is 17.5. The van der Waals surface area contributed by atoms with Gasteiger partial charge in [-0.05, 0) is 31.9 Å². The lowest BCUT2D eigenvalue weighted by Crippen LogP contribution is -2.35. The molecule has 1 fully saturated rings. The second-order valence-electron chi connectivity index (χ2n) is 5.79. The Morgan fingerprint density at radius 1 is 1.35 bits per heavy atom. The highest BCUT2D eigenvalue weighted by molar-refractivity contribution is 8.00. The molecule has 23 heavy (non-hydrogen) atoms. The van der Waals surface area contributed by atoms with Crippen LogP contribution >= 0.6 is 11.8 Å². The van der Waals surface area contributed by atoms with E-state index in [1.165, 1.54) is 4.90 Å². The van der Waals surface area contributed by atoms with Crippen molar-refractivity contribution in [3.8, 4) is 0 Å². The number of nitrogens with zero attached hydrogens (tertiary/aromatic N) is 1. The van der Waals surface area contributed by atoms with Crippen molar-refractivity contribution < 1.29 is 19.5 Å². The third kappa shape index (κ3) is 3.56. The van der Waals surface area contributed by atoms with Crippen LogP contribution in [0.5, 0.6) is 0 Å². The molecule has 1 aromatic rings. The zero-order valence-electron chi connectivity index (χ0n) is 13.3. The summed E-state index contributed by atoms with van der Waals surface area (Å²) in [7, 11) is 0. The van der Waals surface area contributed by atoms with Crippen LogP contribution in [-0.4, -0.2) is 39.9 Å². The van der Waals surface area contributed by atoms with Crippen LogP contribution in [0.2, 0.25) is 0 Å². The van der Waals surface area contributed by atoms with Crippen LogP contribution in [0.1, 0.15) is 23.1 Å². The Kier molecular flexibility index (Phi) is 5.11. The van der Waals surface area contributed by atoms with Crippen molar-refractivity contribution in [2.24, 2.45) is 5.73 Å². The summed E-state index contributed by atoms with van der Waals surface area (Å²) >= 11 is 1.13. The fraction of sp³-hybridized carbons (Fsp3) is 0.438. The summed E-state index contributed by atoms with van der Waals surface area (Å²) in [6.07, 6.45) is 0.0720. The molecule has 124 valence electrons. The van der Waals surface area contributed by atoms with Gasteiger partial charge in [-0.25, -0.2) is 4.90 Å². The highest BCUT2D eigenvalue weighted by Crippen LogP contribution is 2.34. The molecule has 0 radical (unpaired) electrons. The maximum absolute atomic E-state index is 12.6. The molecule has 0 aliphatic carbocycles. The average Bonchev–Trinajstić information content (AvgIpc) is 2.71. The molecule has 2 atom stereocenters. The van der Waals surface area contributed by atoms with Crippen molar-refractivity contribution >= 4 is 35.2 Å². The number of hydrogen-bond acceptors (Lipinski definition) is 5. The van der Waals surface area contributed by atoms with Gasteiger partial charge in [0, 0.05) is 12.2 Å². The summed E-state index contributed by atoms with van der Waals surface area (Å²) in [6, 6.07) is 2.83. The average molecular weight is 336 g/mol. The standard InChI is InChI=1S/C16H20N2O4S/c1-8-4-9(2)14(10(3)5-8)18-13(19)6-12(15(18)20)23-7-11(17)16(21)22/h4-5,11-12H,6-7,17H2,1-3H3,(H,21,22). The topological polar surface area (TPSA) is 101 Å². The minimum atomic E-state index is -1.11. The molecule has 2 amide bonds. The van der Waals surface area contributed by atoms with E-state index in [0.29, 0.717) is 5.69 Å². The second-order valence-corrected chi connectivity index (χ2v) is 7.02. The Hall–Kier alpha value is -1.86. The summed E-state index contributed by atoms with van der Waals surface area (Å²) in [5, 5.41) is 8.23. The van der Waals surface area contributed by atoms with E-state index in [0.717, 1.165) is 28.5 Å². The number of benzene rings is 1. The van der Waals surface area contributed by atoms with Crippen LogP contribution in [0.25, 0.3) is 0 Å². The Labute approximate surface area is 139 Å². The number of thioether (sulfide) groups is 1. The molecule has 0 aromatic heterocycles. The number of rotatable bonds is 5. The first-order valence-corrected chi connectivity index (χ1v) is 8.32. The molecule has 1 aliphatic rings. The number of aliphatic carboxylic acids is 1. The normalized spacial score (nSPS) is 19.3. The number of carboxylic acids is 1. The Balaban J connectivity index is 2.21. The van der Waals surface area contributed by atoms with Gasteiger partial charge >= 0.3 is 5.97 Å². The number of carboxylic acid groups (broad SMARTS) is 1. The monoisotopic (exact) mass is 336 g/mol. The van der Waals surface area contributed by atoms with E-state index >= 15 is 0 Å². The summed E-state index contributed by atoms with van der Waals surface area (Å²) in [5.74, 6) is -1.57. The lowest BCUT2D eigenvalue weighted by molar-refractivity contribution is -0.138. The van der Waals surface area contributed by atoms with E-state index in [1.54, 1.807) is 0 Å². The summed E-state index contributed by atoms with van der Waals surface area (Å²) in [4.78, 5) is 36.9. The molecule has 1 saturated heterocycles. The van der Waals surface area contributed by atoms with Crippen molar-refractivity contribution in [2.75, 3.05) is 10.7 Å². The predicted molar refractivity (Wildman–Crippen MR) is 89.6 cm³/mol. The molecule has 7 heteroatoms. The fourth-order valence-corrected chi connectivity index (χ4v) is 3.88. The van der Waals surface area contributed by atoms with Crippen LogP contribution in [0, 0.1) is 20.8 Å². The quantitative estimate of drug-likeness (QED) is 0.788. The SMILES string of the molecule is Cc1cc(C)c(N2C(=O)CC(SCC(N)C(=O)O)C2=O)c(C)c1. The number of imide groups is 1. The van der Waals surface area contributed by atoms with Crippen molar-refractivity contribution in [1.82, 2.24) is 0 Å². The second kappa shape index (κ2) is 6.72. The van der Waals surface area contributed by atoms with Gasteiger partial charge in [0.1, 0.15) is 6.04 Å². The van der Waals surface area contributed by atoms with E-state index in [1.807, 2.05) is 32.9 Å². The number of aryl methyl sites for hydroxylation is 3. The Morgan fingerprint density at radius 2 is 1.91 bits per heavy atom. The lowest BCUT2D eigenvalue weighted by Gasteiger charge is -2.20. The van der Waals surface area contributed by atoms with Gasteiger partial charge in [0.2, 0.25) is 11.8 Å². The van der Waals surface area contributed by atoms with Crippen molar-refractivity contribution in [3.05, 3.63) is 28.8 Å². The molecule has 1 heterocycles. The lowest BCUT2D eigenvalue weighted by atomic mass is 10.0. The fourth-order valence-electron chi connectivity index (χ4n) is 2.79. The van der Waals surface area contributed by atoms with E-state index < -0.39 is 17.3 Å². The zero-order chi connectivity index (χ0) is 17.3. The van der Waals surface area contributed by atoms with Crippen LogP contribution in [0.15, 0.2) is 12.1 Å². The van der Waals surface area contributed by atoms with Gasteiger partial charge in [0.05, 0.1) is 10.9 Å². The van der Waals surface area contributed by atoms with Crippen LogP contribution < -0.4 is 10.6 Å². The molecule has 2 unspecified atom stereocenters. The maximum Gasteiger partial charge on any atom is 0.321 e. The van der Waals surface area contributed by atoms with Gasteiger partial charge in [-0.15, -0.1) is 11.8 Å². The zero-order valence-corrected chi connectivity index (χ0v) is 14.1. The molecular weight excluding hydrogens is 316 g/mol. The Morgan fingerprint density at radius 3 is 2.43 bits per heavy atom. The van der Waals surface area contributed by atoms with Crippen LogP contribution in [-0.2, 0) is 14.4 Å². The molecule has 0 bridgehead atoms. The molecule has 0 saturated carbocycles. The minimum absolute atomic E-state index is 0.0720. The Bertz CT molecular complexity index is 651. The van der Waals surface area contributed by atoms with Crippen molar-refractivity contribution in [3.63, 3.8) is 0 Å². The molecule has 3 N–H and O–H groups in total. The first-order chi connectivity index (χ1) is 10.7. The smallest absolute Gasteiger partial charge is 0.321 e. The molecule has 1 aromatic carbocycles. The molecule has 2 rings (SSSR count). The number of hydrogen-bond donors (Lipinski definition) is 2. The van der Waals surface area contributed by atoms with E-state index in [2.05, 4.69) is 0 Å². The van der Waals surface area contributed by atoms with Crippen molar-refractivity contribution in [2.45, 2.75) is 38.5 Å². The van der Waals surface area contributed by atoms with Gasteiger partial charge < -0.3 is 10.8 Å². The van der Waals surface area contributed by atoms with Gasteiger partial charge in [-0.2, -0.15) is 0 Å². The van der Waals surface area contributed by atoms with Gasteiger partial charge in [0.25, 0.3) is 0 Å². The molecule has 6 nitrogen and oxygen atoms in total. The first-order valence-electron chi connectivity index (χ1n) is 7.27. The number of amides is 2. The predicted octanol–water partition coefficient (Wildman–Crippen LogP) is 1.39. The third-order valence-corrected chi connectivity index (χ3v) is 5.08. The number of nitrogens with two attached hydrogens (primary N) is 1. The summed E-state index contributed by atoms with van der Waals surface area (Å²) in [5.41, 5.74) is 8.91. The third-order valence-electron chi connectivity index (χ3n) is 3.76. The highest BCUT2D eigenvalue weighted by Gasteiger charge is 2.41. The minimum Gasteiger partial charge on any atom is -0.480 e. The van der Waals surface area contributed by atoms with E-state index in [-0.39, 0.29) is 24.0 Å².